The lowest BCUT2D eigenvalue weighted by molar-refractivity contribution is 0.0925. The number of pyridine rings is 1. The molecule has 1 aromatic rings. The van der Waals surface area contributed by atoms with Crippen LogP contribution < -0.4 is 11.1 Å². The second-order valence-electron chi connectivity index (χ2n) is 4.44. The molecule has 0 bridgehead atoms. The van der Waals surface area contributed by atoms with Crippen LogP contribution in [0.5, 0.6) is 0 Å². The van der Waals surface area contributed by atoms with Gasteiger partial charge in [-0.05, 0) is 25.0 Å². The number of aromatic nitrogens is 1. The van der Waals surface area contributed by atoms with Gasteiger partial charge in [0.15, 0.2) is 0 Å². The second kappa shape index (κ2) is 6.77. The van der Waals surface area contributed by atoms with Gasteiger partial charge in [-0.25, -0.2) is 4.98 Å². The lowest BCUT2D eigenvalue weighted by Crippen LogP contribution is -2.36. The van der Waals surface area contributed by atoms with Gasteiger partial charge in [-0.3, -0.25) is 4.79 Å². The first-order valence-corrected chi connectivity index (χ1v) is 6.00. The SMILES string of the molecule is CC(C)C(C)NC(=O)c1ccc(C#CCN)cn1. The predicted octanol–water partition coefficient (Wildman–Crippen LogP) is 1.17. The molecule has 0 radical (unpaired) electrons. The highest BCUT2D eigenvalue weighted by Crippen LogP contribution is 2.03. The van der Waals surface area contributed by atoms with Crippen LogP contribution in [0.15, 0.2) is 18.3 Å². The Hall–Kier alpha value is -1.86. The molecule has 1 aromatic heterocycles. The van der Waals surface area contributed by atoms with Crippen LogP contribution >= 0.6 is 0 Å². The highest BCUT2D eigenvalue weighted by molar-refractivity contribution is 5.92. The molecule has 1 atom stereocenters. The molecule has 0 aliphatic heterocycles. The molecule has 0 spiro atoms. The van der Waals surface area contributed by atoms with Gasteiger partial charge in [0, 0.05) is 17.8 Å². The number of nitrogens with zero attached hydrogens (tertiary/aromatic N) is 1. The monoisotopic (exact) mass is 245 g/mol. The first-order valence-electron chi connectivity index (χ1n) is 6.00. The summed E-state index contributed by atoms with van der Waals surface area (Å²) in [7, 11) is 0. The van der Waals surface area contributed by atoms with Gasteiger partial charge >= 0.3 is 0 Å². The second-order valence-corrected chi connectivity index (χ2v) is 4.44. The maximum Gasteiger partial charge on any atom is 0.270 e. The molecule has 1 unspecified atom stereocenters. The van der Waals surface area contributed by atoms with Crippen LogP contribution in [-0.2, 0) is 0 Å². The van der Waals surface area contributed by atoms with E-state index in [4.69, 9.17) is 5.73 Å². The van der Waals surface area contributed by atoms with E-state index < -0.39 is 0 Å². The molecule has 0 aliphatic rings. The highest BCUT2D eigenvalue weighted by atomic mass is 16.1. The minimum atomic E-state index is -0.158. The van der Waals surface area contributed by atoms with Crippen LogP contribution in [0, 0.1) is 17.8 Å². The third-order valence-electron chi connectivity index (χ3n) is 2.69. The molecule has 4 nitrogen and oxygen atoms in total. The Labute approximate surface area is 108 Å². The van der Waals surface area contributed by atoms with Crippen molar-refractivity contribution < 1.29 is 4.79 Å². The molecule has 3 N–H and O–H groups in total. The molecule has 1 rings (SSSR count). The Kier molecular flexibility index (Phi) is 5.34. The number of amides is 1. The third kappa shape index (κ3) is 4.19. The summed E-state index contributed by atoms with van der Waals surface area (Å²) in [5.41, 5.74) is 6.44. The highest BCUT2D eigenvalue weighted by Gasteiger charge is 2.13. The van der Waals surface area contributed by atoms with Gasteiger partial charge in [-0.1, -0.05) is 25.7 Å². The zero-order valence-electron chi connectivity index (χ0n) is 11.0. The van der Waals surface area contributed by atoms with Crippen LogP contribution in [0.25, 0.3) is 0 Å². The van der Waals surface area contributed by atoms with Gasteiger partial charge in [0.25, 0.3) is 5.91 Å². The summed E-state index contributed by atoms with van der Waals surface area (Å²) < 4.78 is 0. The molecule has 96 valence electrons. The van der Waals surface area contributed by atoms with Crippen molar-refractivity contribution in [2.75, 3.05) is 6.54 Å². The standard InChI is InChI=1S/C14H19N3O/c1-10(2)11(3)17-14(18)13-7-6-12(9-16-13)5-4-8-15/h6-7,9-11H,8,15H2,1-3H3,(H,17,18). The van der Waals surface area contributed by atoms with E-state index in [0.717, 1.165) is 5.56 Å². The van der Waals surface area contributed by atoms with E-state index in [0.29, 0.717) is 18.2 Å². The van der Waals surface area contributed by atoms with Crippen molar-refractivity contribution in [3.05, 3.63) is 29.6 Å². The van der Waals surface area contributed by atoms with Crippen molar-refractivity contribution in [2.45, 2.75) is 26.8 Å². The quantitative estimate of drug-likeness (QED) is 0.785. The summed E-state index contributed by atoms with van der Waals surface area (Å²) in [5, 5.41) is 2.90. The number of hydrogen-bond donors (Lipinski definition) is 2. The molecule has 0 saturated heterocycles. The Morgan fingerprint density at radius 1 is 1.44 bits per heavy atom. The average molecular weight is 245 g/mol. The number of rotatable bonds is 3. The fraction of sp³-hybridized carbons (Fsp3) is 0.429. The molecule has 0 fully saturated rings. The van der Waals surface area contributed by atoms with Gasteiger partial charge < -0.3 is 11.1 Å². The molecule has 1 amide bonds. The number of hydrogen-bond acceptors (Lipinski definition) is 3. The molecule has 0 aliphatic carbocycles. The summed E-state index contributed by atoms with van der Waals surface area (Å²) in [6.07, 6.45) is 1.58. The zero-order chi connectivity index (χ0) is 13.5. The van der Waals surface area contributed by atoms with E-state index in [-0.39, 0.29) is 11.9 Å². The Balaban J connectivity index is 2.70. The number of carbonyl (C=O) groups is 1. The van der Waals surface area contributed by atoms with Crippen molar-refractivity contribution in [1.82, 2.24) is 10.3 Å². The van der Waals surface area contributed by atoms with Gasteiger partial charge in [0.2, 0.25) is 0 Å². The molecule has 4 heteroatoms. The Morgan fingerprint density at radius 3 is 2.67 bits per heavy atom. The minimum absolute atomic E-state index is 0.121. The van der Waals surface area contributed by atoms with Crippen molar-refractivity contribution in [3.8, 4) is 11.8 Å². The molecule has 18 heavy (non-hydrogen) atoms. The van der Waals surface area contributed by atoms with Gasteiger partial charge in [-0.2, -0.15) is 0 Å². The average Bonchev–Trinajstić information content (AvgIpc) is 2.36. The van der Waals surface area contributed by atoms with Gasteiger partial charge in [0.1, 0.15) is 5.69 Å². The normalized spacial score (nSPS) is 11.6. The zero-order valence-corrected chi connectivity index (χ0v) is 11.0. The molecule has 0 saturated carbocycles. The summed E-state index contributed by atoms with van der Waals surface area (Å²) in [6.45, 7) is 6.41. The fourth-order valence-electron chi connectivity index (χ4n) is 1.20. The van der Waals surface area contributed by atoms with Crippen molar-refractivity contribution >= 4 is 5.91 Å². The van der Waals surface area contributed by atoms with E-state index in [1.807, 2.05) is 6.92 Å². The van der Waals surface area contributed by atoms with E-state index in [1.54, 1.807) is 18.3 Å². The maximum absolute atomic E-state index is 11.9. The Bertz CT molecular complexity index is 454. The van der Waals surface area contributed by atoms with Crippen molar-refractivity contribution in [2.24, 2.45) is 11.7 Å². The van der Waals surface area contributed by atoms with Crippen LogP contribution in [0.3, 0.4) is 0 Å². The fourth-order valence-corrected chi connectivity index (χ4v) is 1.20. The minimum Gasteiger partial charge on any atom is -0.348 e. The van der Waals surface area contributed by atoms with E-state index in [2.05, 4.69) is 36.0 Å². The van der Waals surface area contributed by atoms with Crippen LogP contribution in [-0.4, -0.2) is 23.5 Å². The van der Waals surface area contributed by atoms with Gasteiger partial charge in [-0.15, -0.1) is 0 Å². The smallest absolute Gasteiger partial charge is 0.270 e. The molecule has 1 heterocycles. The van der Waals surface area contributed by atoms with Crippen molar-refractivity contribution in [3.63, 3.8) is 0 Å². The number of nitrogens with one attached hydrogen (secondary N) is 1. The lowest BCUT2D eigenvalue weighted by Gasteiger charge is -2.16. The van der Waals surface area contributed by atoms with Gasteiger partial charge in [0.05, 0.1) is 6.54 Å². The summed E-state index contributed by atoms with van der Waals surface area (Å²) in [6, 6.07) is 3.56. The van der Waals surface area contributed by atoms with Crippen LogP contribution in [0.2, 0.25) is 0 Å². The lowest BCUT2D eigenvalue weighted by atomic mass is 10.1. The predicted molar refractivity (Wildman–Crippen MR) is 71.9 cm³/mol. The number of nitrogens with two attached hydrogens (primary N) is 1. The topological polar surface area (TPSA) is 68.0 Å². The third-order valence-corrected chi connectivity index (χ3v) is 2.69. The maximum atomic E-state index is 11.9. The van der Waals surface area contributed by atoms with Crippen LogP contribution in [0.1, 0.15) is 36.8 Å². The first-order chi connectivity index (χ1) is 8.54. The van der Waals surface area contributed by atoms with E-state index >= 15 is 0 Å². The molecular weight excluding hydrogens is 226 g/mol. The number of carbonyl (C=O) groups excluding carboxylic acids is 1. The van der Waals surface area contributed by atoms with Crippen molar-refractivity contribution in [1.29, 1.82) is 0 Å². The summed E-state index contributed by atoms with van der Waals surface area (Å²) >= 11 is 0. The summed E-state index contributed by atoms with van der Waals surface area (Å²) in [4.78, 5) is 15.9. The van der Waals surface area contributed by atoms with Crippen LogP contribution in [0.4, 0.5) is 0 Å². The van der Waals surface area contributed by atoms with E-state index in [9.17, 15) is 4.79 Å². The molecular formula is C14H19N3O. The molecule has 0 aromatic carbocycles. The first kappa shape index (κ1) is 14.2. The largest absolute Gasteiger partial charge is 0.348 e. The summed E-state index contributed by atoms with van der Waals surface area (Å²) in [5.74, 6) is 5.83. The van der Waals surface area contributed by atoms with E-state index in [1.165, 1.54) is 0 Å². The Morgan fingerprint density at radius 2 is 2.17 bits per heavy atom.